The molecule has 3 rings (SSSR count). The van der Waals surface area contributed by atoms with Gasteiger partial charge in [0.25, 0.3) is 15.9 Å². The van der Waals surface area contributed by atoms with Crippen LogP contribution in [-0.4, -0.2) is 41.6 Å². The summed E-state index contributed by atoms with van der Waals surface area (Å²) in [5.74, 6) is -3.39. The maximum absolute atomic E-state index is 14.7. The first-order chi connectivity index (χ1) is 16.6. The lowest BCUT2D eigenvalue weighted by Gasteiger charge is -2.16. The number of hydrogen-bond acceptors (Lipinski definition) is 7. The van der Waals surface area contributed by atoms with Crippen LogP contribution in [0.1, 0.15) is 20.7 Å². The van der Waals surface area contributed by atoms with Crippen molar-refractivity contribution < 1.29 is 41.0 Å². The third-order valence-corrected chi connectivity index (χ3v) is 6.15. The van der Waals surface area contributed by atoms with Crippen molar-refractivity contribution in [2.75, 3.05) is 31.4 Å². The number of sulfonamides is 1. The van der Waals surface area contributed by atoms with Gasteiger partial charge in [0.15, 0.2) is 11.5 Å². The van der Waals surface area contributed by atoms with Crippen molar-refractivity contribution in [2.24, 2.45) is 0 Å². The molecule has 2 N–H and O–H groups in total. The number of carbonyl (C=O) groups excluding carboxylic acids is 2. The average molecular weight is 506 g/mol. The van der Waals surface area contributed by atoms with Crippen molar-refractivity contribution in [3.05, 3.63) is 77.4 Å². The summed E-state index contributed by atoms with van der Waals surface area (Å²) in [6, 6.07) is 10.3. The third-order valence-electron chi connectivity index (χ3n) is 4.79. The molecule has 0 heterocycles. The van der Waals surface area contributed by atoms with Crippen molar-refractivity contribution >= 4 is 33.3 Å². The van der Waals surface area contributed by atoms with Gasteiger partial charge in [-0.05, 0) is 30.3 Å². The molecule has 0 aromatic heterocycles. The molecule has 0 aliphatic heterocycles. The van der Waals surface area contributed by atoms with Crippen LogP contribution < -0.4 is 19.5 Å². The third kappa shape index (κ3) is 5.49. The molecular formula is C23H20F2N2O7S. The van der Waals surface area contributed by atoms with Crippen molar-refractivity contribution in [3.63, 3.8) is 0 Å². The Hall–Kier alpha value is -4.19. The Morgan fingerprint density at radius 3 is 2.06 bits per heavy atom. The standard InChI is InChI=1S/C23H20F2N2O7S/c1-32-20-11-15(23(29)34-3)19(12-21(20)33-2)27-35(30,31)13-8-9-18(17(25)10-13)26-22(28)14-6-4-5-7-16(14)24/h4-12,27H,1-3H3,(H,26,28). The summed E-state index contributed by atoms with van der Waals surface area (Å²) in [6.07, 6.45) is 0. The van der Waals surface area contributed by atoms with Crippen molar-refractivity contribution in [1.82, 2.24) is 0 Å². The number of rotatable bonds is 8. The molecule has 1 amide bonds. The van der Waals surface area contributed by atoms with Crippen LogP contribution in [0.4, 0.5) is 20.2 Å². The second-order valence-electron chi connectivity index (χ2n) is 6.93. The van der Waals surface area contributed by atoms with Crippen LogP contribution in [0.3, 0.4) is 0 Å². The molecule has 0 unspecified atom stereocenters. The van der Waals surface area contributed by atoms with Crippen LogP contribution in [0, 0.1) is 11.6 Å². The van der Waals surface area contributed by atoms with E-state index in [0.717, 1.165) is 25.3 Å². The highest BCUT2D eigenvalue weighted by Crippen LogP contribution is 2.35. The molecule has 0 saturated heterocycles. The van der Waals surface area contributed by atoms with Gasteiger partial charge in [0.1, 0.15) is 11.6 Å². The van der Waals surface area contributed by atoms with Gasteiger partial charge in [0.05, 0.1) is 48.7 Å². The van der Waals surface area contributed by atoms with Gasteiger partial charge < -0.3 is 19.5 Å². The van der Waals surface area contributed by atoms with Crippen LogP contribution >= 0.6 is 0 Å². The Kier molecular flexibility index (Phi) is 7.55. The maximum atomic E-state index is 14.7. The van der Waals surface area contributed by atoms with Crippen molar-refractivity contribution in [3.8, 4) is 11.5 Å². The topological polar surface area (TPSA) is 120 Å². The molecule has 0 fully saturated rings. The van der Waals surface area contributed by atoms with Gasteiger partial charge in [0.2, 0.25) is 0 Å². The fourth-order valence-corrected chi connectivity index (χ4v) is 4.13. The van der Waals surface area contributed by atoms with Gasteiger partial charge in [0, 0.05) is 12.1 Å². The molecule has 3 aromatic rings. The van der Waals surface area contributed by atoms with Gasteiger partial charge in [-0.25, -0.2) is 22.0 Å². The lowest BCUT2D eigenvalue weighted by atomic mass is 10.1. The smallest absolute Gasteiger partial charge is 0.340 e. The van der Waals surface area contributed by atoms with E-state index in [1.807, 2.05) is 0 Å². The molecule has 184 valence electrons. The molecule has 0 atom stereocenters. The lowest BCUT2D eigenvalue weighted by molar-refractivity contribution is 0.0601. The van der Waals surface area contributed by atoms with E-state index in [1.54, 1.807) is 0 Å². The highest BCUT2D eigenvalue weighted by atomic mass is 32.2. The summed E-state index contributed by atoms with van der Waals surface area (Å²) in [6.45, 7) is 0. The van der Waals surface area contributed by atoms with Crippen LogP contribution in [0.15, 0.2) is 59.5 Å². The number of halogens is 2. The van der Waals surface area contributed by atoms with E-state index in [2.05, 4.69) is 14.8 Å². The summed E-state index contributed by atoms with van der Waals surface area (Å²) in [7, 11) is -0.655. The van der Waals surface area contributed by atoms with Crippen LogP contribution in [0.2, 0.25) is 0 Å². The van der Waals surface area contributed by atoms with Gasteiger partial charge in [-0.2, -0.15) is 0 Å². The molecule has 12 heteroatoms. The average Bonchev–Trinajstić information content (AvgIpc) is 2.84. The van der Waals surface area contributed by atoms with Gasteiger partial charge in [-0.15, -0.1) is 0 Å². The normalized spacial score (nSPS) is 10.9. The Morgan fingerprint density at radius 1 is 0.800 bits per heavy atom. The van der Waals surface area contributed by atoms with Crippen LogP contribution in [0.5, 0.6) is 11.5 Å². The number of benzene rings is 3. The number of esters is 1. The molecule has 0 radical (unpaired) electrons. The number of amides is 1. The second-order valence-corrected chi connectivity index (χ2v) is 8.61. The van der Waals surface area contributed by atoms with Crippen molar-refractivity contribution in [2.45, 2.75) is 4.90 Å². The molecule has 0 bridgehead atoms. The molecule has 0 saturated carbocycles. The minimum absolute atomic E-state index is 0.121. The van der Waals surface area contributed by atoms with Gasteiger partial charge >= 0.3 is 5.97 Å². The first-order valence-electron chi connectivity index (χ1n) is 9.83. The largest absolute Gasteiger partial charge is 0.493 e. The fourth-order valence-electron chi connectivity index (χ4n) is 3.05. The maximum Gasteiger partial charge on any atom is 0.340 e. The number of methoxy groups -OCH3 is 3. The van der Waals surface area contributed by atoms with Crippen molar-refractivity contribution in [1.29, 1.82) is 0 Å². The Morgan fingerprint density at radius 2 is 1.46 bits per heavy atom. The zero-order valence-corrected chi connectivity index (χ0v) is 19.5. The number of carbonyl (C=O) groups is 2. The molecule has 0 aliphatic rings. The Labute approximate surface area is 199 Å². The number of ether oxygens (including phenoxy) is 3. The lowest BCUT2D eigenvalue weighted by Crippen LogP contribution is -2.18. The Balaban J connectivity index is 1.92. The van der Waals surface area contributed by atoms with Gasteiger partial charge in [-0.3, -0.25) is 9.52 Å². The van der Waals surface area contributed by atoms with E-state index in [4.69, 9.17) is 9.47 Å². The van der Waals surface area contributed by atoms with E-state index >= 15 is 0 Å². The number of anilines is 2. The van der Waals surface area contributed by atoms with E-state index in [0.29, 0.717) is 6.07 Å². The fraction of sp³-hybridized carbons (Fsp3) is 0.130. The van der Waals surface area contributed by atoms with E-state index < -0.39 is 38.4 Å². The SMILES string of the molecule is COC(=O)c1cc(OC)c(OC)cc1NS(=O)(=O)c1ccc(NC(=O)c2ccccc2F)c(F)c1. The Bertz CT molecular complexity index is 1390. The summed E-state index contributed by atoms with van der Waals surface area (Å²) < 4.78 is 71.5. The molecule has 0 aliphatic carbocycles. The first kappa shape index (κ1) is 25.4. The van der Waals surface area contributed by atoms with Crippen LogP contribution in [0.25, 0.3) is 0 Å². The van der Waals surface area contributed by atoms with E-state index in [9.17, 15) is 26.8 Å². The highest BCUT2D eigenvalue weighted by Gasteiger charge is 2.24. The van der Waals surface area contributed by atoms with E-state index in [1.165, 1.54) is 44.6 Å². The summed E-state index contributed by atoms with van der Waals surface area (Å²) in [5.41, 5.74) is -1.05. The summed E-state index contributed by atoms with van der Waals surface area (Å²) >= 11 is 0. The predicted octanol–water partition coefficient (Wildman–Crippen LogP) is 3.82. The monoisotopic (exact) mass is 506 g/mol. The quantitative estimate of drug-likeness (QED) is 0.446. The zero-order valence-electron chi connectivity index (χ0n) is 18.7. The van der Waals surface area contributed by atoms with Gasteiger partial charge in [-0.1, -0.05) is 12.1 Å². The number of hydrogen-bond donors (Lipinski definition) is 2. The minimum Gasteiger partial charge on any atom is -0.493 e. The summed E-state index contributed by atoms with van der Waals surface area (Å²) in [4.78, 5) is 23.9. The molecular weight excluding hydrogens is 486 g/mol. The molecule has 0 spiro atoms. The predicted molar refractivity (Wildman–Crippen MR) is 122 cm³/mol. The second kappa shape index (κ2) is 10.4. The number of nitrogens with one attached hydrogen (secondary N) is 2. The molecule has 9 nitrogen and oxygen atoms in total. The zero-order chi connectivity index (χ0) is 25.8. The highest BCUT2D eigenvalue weighted by molar-refractivity contribution is 7.92. The summed E-state index contributed by atoms with van der Waals surface area (Å²) in [5, 5.41) is 2.19. The van der Waals surface area contributed by atoms with Crippen LogP contribution in [-0.2, 0) is 14.8 Å². The minimum atomic E-state index is -4.42. The first-order valence-corrected chi connectivity index (χ1v) is 11.3. The molecule has 3 aromatic carbocycles. The van der Waals surface area contributed by atoms with E-state index in [-0.39, 0.29) is 34.0 Å². The molecule has 35 heavy (non-hydrogen) atoms.